The van der Waals surface area contributed by atoms with Crippen molar-refractivity contribution in [1.82, 2.24) is 15.6 Å². The van der Waals surface area contributed by atoms with Crippen LogP contribution in [0, 0.1) is 6.92 Å². The van der Waals surface area contributed by atoms with Crippen molar-refractivity contribution < 1.29 is 22.7 Å². The lowest BCUT2D eigenvalue weighted by atomic mass is 9.92. The van der Waals surface area contributed by atoms with Gasteiger partial charge in [-0.1, -0.05) is 18.2 Å². The fraction of sp³-hybridized carbons (Fsp3) is 0.364. The summed E-state index contributed by atoms with van der Waals surface area (Å²) >= 11 is 0. The number of hydrogen-bond donors (Lipinski definition) is 3. The molecule has 0 saturated carbocycles. The van der Waals surface area contributed by atoms with Crippen LogP contribution >= 0.6 is 0 Å². The van der Waals surface area contributed by atoms with Crippen LogP contribution < -0.4 is 20.3 Å². The molecule has 0 atom stereocenters. The van der Waals surface area contributed by atoms with Crippen LogP contribution in [0.5, 0.6) is 5.75 Å². The Kier molecular flexibility index (Phi) is 7.64. The molecule has 2 amide bonds. The van der Waals surface area contributed by atoms with E-state index in [1.54, 1.807) is 24.3 Å². The Morgan fingerprint density at radius 1 is 0.968 bits per heavy atom. The maximum Gasteiger partial charge on any atom is 0.276 e. The molecule has 2 aromatic rings. The van der Waals surface area contributed by atoms with Crippen molar-refractivity contribution in [2.45, 2.75) is 43.9 Å². The Labute approximate surface area is 182 Å². The van der Waals surface area contributed by atoms with Gasteiger partial charge in [0.15, 0.2) is 6.61 Å². The van der Waals surface area contributed by atoms with E-state index < -0.39 is 21.8 Å². The number of nitrogens with one attached hydrogen (secondary N) is 3. The van der Waals surface area contributed by atoms with E-state index >= 15 is 0 Å². The largest absolute Gasteiger partial charge is 0.484 e. The van der Waals surface area contributed by atoms with Crippen LogP contribution in [0.3, 0.4) is 0 Å². The molecule has 31 heavy (non-hydrogen) atoms. The minimum absolute atomic E-state index is 0.0824. The molecular weight excluding hydrogens is 418 g/mol. The number of hydrogen-bond acceptors (Lipinski definition) is 5. The van der Waals surface area contributed by atoms with Crippen LogP contribution in [0.4, 0.5) is 0 Å². The number of rotatable bonds is 8. The maximum absolute atomic E-state index is 12.5. The average molecular weight is 446 g/mol. The second-order valence-electron chi connectivity index (χ2n) is 7.49. The summed E-state index contributed by atoms with van der Waals surface area (Å²) in [5, 5.41) is 0. The molecule has 0 aliphatic heterocycles. The van der Waals surface area contributed by atoms with Crippen molar-refractivity contribution >= 4 is 21.8 Å². The van der Waals surface area contributed by atoms with E-state index in [-0.39, 0.29) is 24.5 Å². The molecule has 166 valence electrons. The Hall–Kier alpha value is -2.91. The van der Waals surface area contributed by atoms with Crippen LogP contribution in [0.15, 0.2) is 47.4 Å². The topological polar surface area (TPSA) is 114 Å². The summed E-state index contributed by atoms with van der Waals surface area (Å²) in [4.78, 5) is 23.9. The number of aryl methyl sites for hydroxylation is 3. The quantitative estimate of drug-likeness (QED) is 0.536. The predicted octanol–water partition coefficient (Wildman–Crippen LogP) is 1.77. The van der Waals surface area contributed by atoms with Crippen LogP contribution in [0.2, 0.25) is 0 Å². The molecule has 0 radical (unpaired) electrons. The summed E-state index contributed by atoms with van der Waals surface area (Å²) in [7, 11) is -3.70. The van der Waals surface area contributed by atoms with Crippen molar-refractivity contribution in [1.29, 1.82) is 0 Å². The van der Waals surface area contributed by atoms with Crippen molar-refractivity contribution in [3.8, 4) is 5.75 Å². The van der Waals surface area contributed by atoms with Gasteiger partial charge in [-0.2, -0.15) is 0 Å². The lowest BCUT2D eigenvalue weighted by Gasteiger charge is -2.16. The summed E-state index contributed by atoms with van der Waals surface area (Å²) in [6.07, 6.45) is 3.93. The monoisotopic (exact) mass is 445 g/mol. The minimum atomic E-state index is -3.70. The predicted molar refractivity (Wildman–Crippen MR) is 116 cm³/mol. The van der Waals surface area contributed by atoms with Crippen LogP contribution in [0.1, 0.15) is 36.0 Å². The van der Waals surface area contributed by atoms with E-state index in [4.69, 9.17) is 4.74 Å². The highest BCUT2D eigenvalue weighted by molar-refractivity contribution is 7.89. The van der Waals surface area contributed by atoms with Gasteiger partial charge in [-0.15, -0.1) is 0 Å². The zero-order valence-corrected chi connectivity index (χ0v) is 18.3. The average Bonchev–Trinajstić information content (AvgIpc) is 2.76. The van der Waals surface area contributed by atoms with Gasteiger partial charge in [0, 0.05) is 13.0 Å². The second-order valence-corrected chi connectivity index (χ2v) is 9.25. The lowest BCUT2D eigenvalue weighted by Crippen LogP contribution is -2.44. The zero-order valence-electron chi connectivity index (χ0n) is 17.4. The molecular formula is C22H27N3O5S. The SMILES string of the molecule is Cc1cccc(OCC(=O)NNC(=O)CCNS(=O)(=O)c2ccc3c(c2)CCCC3)c1. The summed E-state index contributed by atoms with van der Waals surface area (Å²) in [6, 6.07) is 12.4. The molecule has 0 unspecified atom stereocenters. The smallest absolute Gasteiger partial charge is 0.276 e. The number of sulfonamides is 1. The van der Waals surface area contributed by atoms with Gasteiger partial charge >= 0.3 is 0 Å². The van der Waals surface area contributed by atoms with E-state index in [1.165, 1.54) is 5.56 Å². The van der Waals surface area contributed by atoms with E-state index in [0.29, 0.717) is 5.75 Å². The van der Waals surface area contributed by atoms with Crippen LogP contribution in [-0.4, -0.2) is 33.4 Å². The first-order valence-corrected chi connectivity index (χ1v) is 11.7. The summed E-state index contributed by atoms with van der Waals surface area (Å²) in [6.45, 7) is 1.57. The minimum Gasteiger partial charge on any atom is -0.484 e. The van der Waals surface area contributed by atoms with Gasteiger partial charge in [-0.25, -0.2) is 13.1 Å². The Bertz CT molecular complexity index is 1050. The van der Waals surface area contributed by atoms with Gasteiger partial charge in [0.2, 0.25) is 15.9 Å². The fourth-order valence-corrected chi connectivity index (χ4v) is 4.43. The zero-order chi connectivity index (χ0) is 22.3. The molecule has 9 heteroatoms. The number of hydrazine groups is 1. The van der Waals surface area contributed by atoms with Gasteiger partial charge in [0.1, 0.15) is 5.75 Å². The van der Waals surface area contributed by atoms with E-state index in [1.807, 2.05) is 25.1 Å². The van der Waals surface area contributed by atoms with Gasteiger partial charge in [-0.3, -0.25) is 20.4 Å². The fourth-order valence-electron chi connectivity index (χ4n) is 3.35. The highest BCUT2D eigenvalue weighted by Gasteiger charge is 2.18. The van der Waals surface area contributed by atoms with E-state index in [0.717, 1.165) is 36.8 Å². The first kappa shape index (κ1) is 22.8. The maximum atomic E-state index is 12.5. The lowest BCUT2D eigenvalue weighted by molar-refractivity contribution is -0.129. The highest BCUT2D eigenvalue weighted by atomic mass is 32.2. The standard InChI is InChI=1S/C22H27N3O5S/c1-16-5-4-8-19(13-16)30-15-22(27)25-24-21(26)11-12-23-31(28,29)20-10-9-17-6-2-3-7-18(17)14-20/h4-5,8-10,13-14,23H,2-3,6-7,11-12,15H2,1H3,(H,24,26)(H,25,27). The van der Waals surface area contributed by atoms with Gasteiger partial charge in [0.25, 0.3) is 5.91 Å². The normalized spacial score (nSPS) is 13.2. The van der Waals surface area contributed by atoms with Crippen LogP contribution in [0.25, 0.3) is 0 Å². The Morgan fingerprint density at radius 2 is 1.71 bits per heavy atom. The van der Waals surface area contributed by atoms with Crippen molar-refractivity contribution in [2.24, 2.45) is 0 Å². The molecule has 1 aliphatic rings. The first-order chi connectivity index (χ1) is 14.8. The van der Waals surface area contributed by atoms with Crippen molar-refractivity contribution in [3.05, 3.63) is 59.2 Å². The van der Waals surface area contributed by atoms with Crippen molar-refractivity contribution in [3.63, 3.8) is 0 Å². The molecule has 8 nitrogen and oxygen atoms in total. The van der Waals surface area contributed by atoms with Crippen LogP contribution in [-0.2, 0) is 32.5 Å². The molecule has 1 aliphatic carbocycles. The molecule has 3 N–H and O–H groups in total. The third-order valence-electron chi connectivity index (χ3n) is 4.98. The van der Waals surface area contributed by atoms with Gasteiger partial charge < -0.3 is 4.74 Å². The Balaban J connectivity index is 1.38. The highest BCUT2D eigenvalue weighted by Crippen LogP contribution is 2.24. The number of benzene rings is 2. The number of amides is 2. The van der Waals surface area contributed by atoms with Gasteiger partial charge in [0.05, 0.1) is 4.90 Å². The third-order valence-corrected chi connectivity index (χ3v) is 6.43. The molecule has 0 bridgehead atoms. The summed E-state index contributed by atoms with van der Waals surface area (Å²) in [5.74, 6) is -0.486. The number of carbonyl (C=O) groups is 2. The third kappa shape index (κ3) is 6.80. The van der Waals surface area contributed by atoms with E-state index in [2.05, 4.69) is 15.6 Å². The van der Waals surface area contributed by atoms with Gasteiger partial charge in [-0.05, 0) is 73.6 Å². The summed E-state index contributed by atoms with van der Waals surface area (Å²) < 4.78 is 32.7. The first-order valence-electron chi connectivity index (χ1n) is 10.2. The second kappa shape index (κ2) is 10.4. The van der Waals surface area contributed by atoms with Crippen molar-refractivity contribution in [2.75, 3.05) is 13.2 Å². The number of ether oxygens (including phenoxy) is 1. The molecule has 0 saturated heterocycles. The Morgan fingerprint density at radius 3 is 2.48 bits per heavy atom. The number of fused-ring (bicyclic) bond motifs is 1. The molecule has 0 heterocycles. The molecule has 0 aromatic heterocycles. The molecule has 0 spiro atoms. The van der Waals surface area contributed by atoms with E-state index in [9.17, 15) is 18.0 Å². The molecule has 3 rings (SSSR count). The molecule has 0 fully saturated rings. The molecule has 2 aromatic carbocycles. The number of carbonyl (C=O) groups excluding carboxylic acids is 2. The summed E-state index contributed by atoms with van der Waals surface area (Å²) in [5.41, 5.74) is 7.76.